The molecular weight excluding hydrogens is 284 g/mol. The van der Waals surface area contributed by atoms with Gasteiger partial charge in [0.1, 0.15) is 11.3 Å². The molecule has 1 aromatic heterocycles. The molecule has 2 aromatic rings. The fraction of sp³-hybridized carbons (Fsp3) is 0.188. The highest BCUT2D eigenvalue weighted by molar-refractivity contribution is 6.13. The van der Waals surface area contributed by atoms with E-state index in [1.165, 1.54) is 13.8 Å². The molecule has 0 fully saturated rings. The van der Waals surface area contributed by atoms with Crippen molar-refractivity contribution in [3.8, 4) is 0 Å². The predicted octanol–water partition coefficient (Wildman–Crippen LogP) is 2.45. The molecule has 0 saturated heterocycles. The van der Waals surface area contributed by atoms with Crippen LogP contribution >= 0.6 is 0 Å². The third-order valence-corrected chi connectivity index (χ3v) is 3.22. The quantitative estimate of drug-likeness (QED) is 0.846. The van der Waals surface area contributed by atoms with Gasteiger partial charge in [0.15, 0.2) is 5.78 Å². The van der Waals surface area contributed by atoms with Crippen LogP contribution in [0.4, 0.5) is 5.88 Å². The molecule has 0 radical (unpaired) electrons. The van der Waals surface area contributed by atoms with Gasteiger partial charge >= 0.3 is 0 Å². The van der Waals surface area contributed by atoms with E-state index in [2.05, 4.69) is 5.32 Å². The standard InChI is InChI=1S/C16H16N2O4/c1-8-4-6-11(7-5-8)15(21)18-16-13(14(17)20)12(9(2)19)10(3)22-16/h4-7H,1-3H3,(H2,17,20)(H,18,21). The second-order valence-corrected chi connectivity index (χ2v) is 4.98. The number of hydrogen-bond donors (Lipinski definition) is 2. The number of Topliss-reactive ketones (excluding diaryl/α,β-unsaturated/α-hetero) is 1. The summed E-state index contributed by atoms with van der Waals surface area (Å²) in [5.41, 5.74) is 6.70. The topological polar surface area (TPSA) is 102 Å². The Bertz CT molecular complexity index is 757. The summed E-state index contributed by atoms with van der Waals surface area (Å²) in [6.07, 6.45) is 0. The smallest absolute Gasteiger partial charge is 0.257 e. The van der Waals surface area contributed by atoms with Crippen LogP contribution in [0.15, 0.2) is 28.7 Å². The van der Waals surface area contributed by atoms with Crippen LogP contribution in [-0.4, -0.2) is 17.6 Å². The summed E-state index contributed by atoms with van der Waals surface area (Å²) in [4.78, 5) is 35.4. The molecule has 1 aromatic carbocycles. The third kappa shape index (κ3) is 2.90. The lowest BCUT2D eigenvalue weighted by atomic mass is 10.1. The van der Waals surface area contributed by atoms with Crippen LogP contribution in [0.2, 0.25) is 0 Å². The van der Waals surface area contributed by atoms with Gasteiger partial charge in [-0.25, -0.2) is 0 Å². The van der Waals surface area contributed by atoms with Crippen LogP contribution in [0, 0.1) is 13.8 Å². The normalized spacial score (nSPS) is 10.3. The summed E-state index contributed by atoms with van der Waals surface area (Å²) in [5.74, 6) is -1.51. The van der Waals surface area contributed by atoms with Crippen LogP contribution in [0.3, 0.4) is 0 Å². The molecule has 0 saturated carbocycles. The van der Waals surface area contributed by atoms with Gasteiger partial charge in [0.25, 0.3) is 11.8 Å². The van der Waals surface area contributed by atoms with E-state index < -0.39 is 11.8 Å². The van der Waals surface area contributed by atoms with E-state index >= 15 is 0 Å². The number of rotatable bonds is 4. The monoisotopic (exact) mass is 300 g/mol. The highest BCUT2D eigenvalue weighted by atomic mass is 16.4. The second-order valence-electron chi connectivity index (χ2n) is 4.98. The Hall–Kier alpha value is -2.89. The number of aryl methyl sites for hydroxylation is 2. The lowest BCUT2D eigenvalue weighted by Crippen LogP contribution is -2.19. The van der Waals surface area contributed by atoms with Gasteiger partial charge < -0.3 is 10.2 Å². The summed E-state index contributed by atoms with van der Waals surface area (Å²) in [5, 5.41) is 2.49. The van der Waals surface area contributed by atoms with E-state index in [1.807, 2.05) is 6.92 Å². The van der Waals surface area contributed by atoms with Crippen LogP contribution in [0.5, 0.6) is 0 Å². The first-order valence-electron chi connectivity index (χ1n) is 6.63. The first-order chi connectivity index (χ1) is 10.3. The first kappa shape index (κ1) is 15.5. The number of amides is 2. The number of carbonyl (C=O) groups excluding carboxylic acids is 3. The molecule has 6 heteroatoms. The Kier molecular flexibility index (Phi) is 4.12. The molecular formula is C16H16N2O4. The first-order valence-corrected chi connectivity index (χ1v) is 6.63. The number of hydrogen-bond acceptors (Lipinski definition) is 4. The van der Waals surface area contributed by atoms with Gasteiger partial charge in [0, 0.05) is 5.56 Å². The summed E-state index contributed by atoms with van der Waals surface area (Å²) in [7, 11) is 0. The lowest BCUT2D eigenvalue weighted by Gasteiger charge is -2.04. The largest absolute Gasteiger partial charge is 0.444 e. The molecule has 3 N–H and O–H groups in total. The average molecular weight is 300 g/mol. The minimum atomic E-state index is -0.832. The van der Waals surface area contributed by atoms with Gasteiger partial charge in [-0.3, -0.25) is 19.7 Å². The minimum Gasteiger partial charge on any atom is -0.444 e. The molecule has 1 heterocycles. The molecule has 0 aliphatic rings. The SMILES string of the molecule is CC(=O)c1c(C)oc(NC(=O)c2ccc(C)cc2)c1C(N)=O. The fourth-order valence-corrected chi connectivity index (χ4v) is 2.17. The molecule has 0 spiro atoms. The average Bonchev–Trinajstić information content (AvgIpc) is 2.76. The molecule has 114 valence electrons. The summed E-state index contributed by atoms with van der Waals surface area (Å²) in [6, 6.07) is 6.88. The van der Waals surface area contributed by atoms with Gasteiger partial charge in [-0.2, -0.15) is 0 Å². The van der Waals surface area contributed by atoms with Crippen LogP contribution in [0.25, 0.3) is 0 Å². The zero-order chi connectivity index (χ0) is 16.4. The molecule has 2 rings (SSSR count). The summed E-state index contributed by atoms with van der Waals surface area (Å²) < 4.78 is 5.33. The van der Waals surface area contributed by atoms with Crippen LogP contribution in [-0.2, 0) is 0 Å². The van der Waals surface area contributed by atoms with Gasteiger partial charge in [-0.05, 0) is 32.9 Å². The molecule has 2 amide bonds. The van der Waals surface area contributed by atoms with Gasteiger partial charge in [-0.1, -0.05) is 17.7 Å². The second kappa shape index (κ2) is 5.85. The van der Waals surface area contributed by atoms with Crippen LogP contribution < -0.4 is 11.1 Å². The van der Waals surface area contributed by atoms with E-state index in [1.54, 1.807) is 24.3 Å². The van der Waals surface area contributed by atoms with Crippen molar-refractivity contribution in [2.45, 2.75) is 20.8 Å². The van der Waals surface area contributed by atoms with E-state index in [9.17, 15) is 14.4 Å². The lowest BCUT2D eigenvalue weighted by molar-refractivity contribution is 0.0974. The zero-order valence-electron chi connectivity index (χ0n) is 12.5. The number of ketones is 1. The summed E-state index contributed by atoms with van der Waals surface area (Å²) in [6.45, 7) is 4.74. The van der Waals surface area contributed by atoms with Crippen molar-refractivity contribution in [2.24, 2.45) is 5.73 Å². The molecule has 0 aliphatic carbocycles. The minimum absolute atomic E-state index is 0.0895. The van der Waals surface area contributed by atoms with Crippen molar-refractivity contribution in [3.05, 3.63) is 52.3 Å². The highest BCUT2D eigenvalue weighted by Crippen LogP contribution is 2.27. The van der Waals surface area contributed by atoms with Crippen molar-refractivity contribution >= 4 is 23.5 Å². The highest BCUT2D eigenvalue weighted by Gasteiger charge is 2.26. The Morgan fingerprint density at radius 3 is 2.14 bits per heavy atom. The van der Waals surface area contributed by atoms with Crippen molar-refractivity contribution in [1.82, 2.24) is 0 Å². The Morgan fingerprint density at radius 2 is 1.64 bits per heavy atom. The van der Waals surface area contributed by atoms with Gasteiger partial charge in [-0.15, -0.1) is 0 Å². The van der Waals surface area contributed by atoms with Gasteiger partial charge in [0.05, 0.1) is 5.56 Å². The molecule has 0 bridgehead atoms. The number of benzene rings is 1. The van der Waals surface area contributed by atoms with Crippen LogP contribution in [0.1, 0.15) is 49.3 Å². The molecule has 0 aliphatic heterocycles. The molecule has 6 nitrogen and oxygen atoms in total. The molecule has 22 heavy (non-hydrogen) atoms. The third-order valence-electron chi connectivity index (χ3n) is 3.22. The number of anilines is 1. The Balaban J connectivity index is 2.39. The zero-order valence-corrected chi connectivity index (χ0v) is 12.5. The number of furan rings is 1. The number of primary amides is 1. The van der Waals surface area contributed by atoms with E-state index in [4.69, 9.17) is 10.2 Å². The van der Waals surface area contributed by atoms with E-state index in [0.29, 0.717) is 5.56 Å². The Labute approximate surface area is 127 Å². The maximum atomic E-state index is 12.2. The van der Waals surface area contributed by atoms with Crippen molar-refractivity contribution in [1.29, 1.82) is 0 Å². The molecule has 0 atom stereocenters. The predicted molar refractivity (Wildman–Crippen MR) is 81.1 cm³/mol. The van der Waals surface area contributed by atoms with E-state index in [0.717, 1.165) is 5.56 Å². The van der Waals surface area contributed by atoms with Crippen molar-refractivity contribution in [3.63, 3.8) is 0 Å². The van der Waals surface area contributed by atoms with Crippen molar-refractivity contribution in [2.75, 3.05) is 5.32 Å². The van der Waals surface area contributed by atoms with E-state index in [-0.39, 0.29) is 28.6 Å². The number of carbonyl (C=O) groups is 3. The van der Waals surface area contributed by atoms with Gasteiger partial charge in [0.2, 0.25) is 5.88 Å². The maximum absolute atomic E-state index is 12.2. The number of nitrogens with two attached hydrogens (primary N) is 1. The summed E-state index contributed by atoms with van der Waals surface area (Å²) >= 11 is 0. The maximum Gasteiger partial charge on any atom is 0.257 e. The van der Waals surface area contributed by atoms with Crippen molar-refractivity contribution < 1.29 is 18.8 Å². The number of nitrogens with one attached hydrogen (secondary N) is 1. The Morgan fingerprint density at radius 1 is 1.05 bits per heavy atom. The fourth-order valence-electron chi connectivity index (χ4n) is 2.17. The molecule has 0 unspecified atom stereocenters.